The second kappa shape index (κ2) is 26.1. The van der Waals surface area contributed by atoms with Gasteiger partial charge in [0.25, 0.3) is 0 Å². The van der Waals surface area contributed by atoms with Crippen LogP contribution in [0, 0.1) is 0 Å². The van der Waals surface area contributed by atoms with Crippen LogP contribution >= 0.6 is 0 Å². The number of hydrogen-bond acceptors (Lipinski definition) is 12. The Morgan fingerprint density at radius 3 is 0.238 bits per heavy atom. The predicted molar refractivity (Wildman–Crippen MR) is 17.3 cm³/mol. The Bertz CT molecular complexity index is 104. The normalized spacial score (nSPS) is 8.57. The Balaban J connectivity index is -0.0000000129. The van der Waals surface area contributed by atoms with Crippen LogP contribution in [0.5, 0.6) is 0 Å². The summed E-state index contributed by atoms with van der Waals surface area (Å²) in [5.41, 5.74) is 0. The van der Waals surface area contributed by atoms with E-state index < -0.39 is 27.1 Å². The van der Waals surface area contributed by atoms with E-state index in [0.717, 1.165) is 0 Å². The summed E-state index contributed by atoms with van der Waals surface area (Å²) in [4.78, 5) is 103. The van der Waals surface area contributed by atoms with E-state index >= 15 is 0 Å². The van der Waals surface area contributed by atoms with Gasteiger partial charge in [0, 0.05) is 0 Å². The fourth-order valence-corrected chi connectivity index (χ4v) is 0. The molecule has 21 heavy (non-hydrogen) atoms. The topological polar surface area (TPSA) is 277 Å². The maximum atomic E-state index is 8.58. The molecule has 0 aliphatic carbocycles. The molecular formula is O12Si3Zn6. The van der Waals surface area contributed by atoms with E-state index in [2.05, 4.69) is 0 Å². The average molecular weight is 669 g/mol. The summed E-state index contributed by atoms with van der Waals surface area (Å²) in [7, 11) is -16.8. The third-order valence-electron chi connectivity index (χ3n) is 0. The molecule has 0 aromatic rings. The first-order valence-electron chi connectivity index (χ1n) is 2.45. The molecule has 0 heterocycles. The van der Waals surface area contributed by atoms with Gasteiger partial charge in [-0.05, 0) is 0 Å². The molecule has 0 saturated heterocycles. The molecule has 21 heteroatoms. The van der Waals surface area contributed by atoms with Gasteiger partial charge in [0.2, 0.25) is 0 Å². The van der Waals surface area contributed by atoms with Crippen molar-refractivity contribution in [2.75, 3.05) is 0 Å². The molecule has 0 N–H and O–H groups in total. The molecule has 0 rings (SSSR count). The Hall–Kier alpha value is 3.91. The molecule has 0 unspecified atom stereocenters. The van der Waals surface area contributed by atoms with Crippen molar-refractivity contribution < 1.29 is 174 Å². The van der Waals surface area contributed by atoms with Crippen LogP contribution in [0.1, 0.15) is 0 Å². The third kappa shape index (κ3) is 751. The summed E-state index contributed by atoms with van der Waals surface area (Å²) in [6, 6.07) is 0. The van der Waals surface area contributed by atoms with Gasteiger partial charge < -0.3 is 84.7 Å². The second-order valence-corrected chi connectivity index (χ2v) is 4.50. The van der Waals surface area contributed by atoms with Crippen molar-refractivity contribution in [3.63, 3.8) is 0 Å². The first-order valence-corrected chi connectivity index (χ1v) is 7.35. The van der Waals surface area contributed by atoms with Gasteiger partial charge in [-0.1, -0.05) is 0 Å². The molecular weight excluding hydrogens is 669 g/mol. The van der Waals surface area contributed by atoms with Crippen molar-refractivity contribution >= 4 is 27.1 Å². The summed E-state index contributed by atoms with van der Waals surface area (Å²) >= 11 is 0. The van der Waals surface area contributed by atoms with Crippen LogP contribution in [0.2, 0.25) is 0 Å². The Morgan fingerprint density at radius 1 is 0.238 bits per heavy atom. The van der Waals surface area contributed by atoms with Crippen molar-refractivity contribution in [3.8, 4) is 0 Å². The van der Waals surface area contributed by atoms with Crippen molar-refractivity contribution in [1.82, 2.24) is 0 Å². The van der Waals surface area contributed by atoms with E-state index in [0.29, 0.717) is 0 Å². The fraction of sp³-hybridized carbons (Fsp3) is 0. The molecule has 0 aliphatic rings. The SMILES string of the molecule is [O-][Si]([O-])([O-])[O-].[O-][Si]([O-])([O-])[O-].[O-][Si]([O-])([O-])[O-].[Zn+2].[Zn+2].[Zn+2].[Zn+2].[Zn+2].[Zn+2]. The maximum absolute atomic E-state index is 8.58. The van der Waals surface area contributed by atoms with Crippen molar-refractivity contribution in [2.45, 2.75) is 0 Å². The minimum Gasteiger partial charge on any atom is -0.894 e. The number of rotatable bonds is 0. The third-order valence-corrected chi connectivity index (χ3v) is 0. The summed E-state index contributed by atoms with van der Waals surface area (Å²) < 4.78 is 0. The van der Waals surface area contributed by atoms with E-state index in [1.165, 1.54) is 0 Å². The number of hydrogen-bond donors (Lipinski definition) is 0. The van der Waals surface area contributed by atoms with Gasteiger partial charge in [0.1, 0.15) is 0 Å². The van der Waals surface area contributed by atoms with Gasteiger partial charge in [-0.25, -0.2) is 0 Å². The van der Waals surface area contributed by atoms with Crippen LogP contribution in [0.25, 0.3) is 0 Å². The molecule has 0 atom stereocenters. The van der Waals surface area contributed by atoms with Crippen LogP contribution in [0.4, 0.5) is 0 Å². The maximum Gasteiger partial charge on any atom is 2.00 e. The van der Waals surface area contributed by atoms with Crippen LogP contribution in [0.3, 0.4) is 0 Å². The molecule has 12 nitrogen and oxygen atoms in total. The van der Waals surface area contributed by atoms with E-state index in [9.17, 15) is 0 Å². The smallest absolute Gasteiger partial charge is 0.894 e. The molecule has 0 aliphatic heterocycles. The van der Waals surface area contributed by atoms with E-state index in [1.807, 2.05) is 0 Å². The summed E-state index contributed by atoms with van der Waals surface area (Å²) in [6.45, 7) is 0. The molecule has 0 saturated carbocycles. The van der Waals surface area contributed by atoms with Crippen molar-refractivity contribution in [1.29, 1.82) is 0 Å². The second-order valence-electron chi connectivity index (χ2n) is 1.50. The van der Waals surface area contributed by atoms with Gasteiger partial charge >= 0.3 is 117 Å². The largest absolute Gasteiger partial charge is 2.00 e. The monoisotopic (exact) mass is 659 g/mol. The van der Waals surface area contributed by atoms with E-state index in [4.69, 9.17) is 57.5 Å². The first kappa shape index (κ1) is 56.3. The van der Waals surface area contributed by atoms with Crippen LogP contribution in [-0.2, 0) is 117 Å². The molecule has 0 amide bonds. The van der Waals surface area contributed by atoms with Crippen LogP contribution in [-0.4, -0.2) is 27.1 Å². The molecule has 0 aromatic heterocycles. The quantitative estimate of drug-likeness (QED) is 0.218. The van der Waals surface area contributed by atoms with E-state index in [1.54, 1.807) is 0 Å². The van der Waals surface area contributed by atoms with Gasteiger partial charge in [-0.15, -0.1) is 0 Å². The van der Waals surface area contributed by atoms with Crippen LogP contribution < -0.4 is 57.5 Å². The zero-order chi connectivity index (χ0) is 13.5. The minimum atomic E-state index is -5.61. The fourth-order valence-electron chi connectivity index (χ4n) is 0. The van der Waals surface area contributed by atoms with Crippen molar-refractivity contribution in [3.05, 3.63) is 0 Å². The Kier molecular flexibility index (Phi) is 70.0. The molecule has 0 aromatic carbocycles. The summed E-state index contributed by atoms with van der Waals surface area (Å²) in [6.07, 6.45) is 0. The first-order chi connectivity index (χ1) is 6.00. The average Bonchev–Trinajstić information content (AvgIpc) is 1.41. The molecule has 0 fully saturated rings. The zero-order valence-electron chi connectivity index (χ0n) is 10.6. The zero-order valence-corrected chi connectivity index (χ0v) is 31.4. The van der Waals surface area contributed by atoms with Gasteiger partial charge in [0.15, 0.2) is 0 Å². The molecule has 0 radical (unpaired) electrons. The molecule has 96 valence electrons. The minimum absolute atomic E-state index is 0. The molecule has 0 bridgehead atoms. The van der Waals surface area contributed by atoms with Crippen molar-refractivity contribution in [2.24, 2.45) is 0 Å². The predicted octanol–water partition coefficient (Wildman–Crippen LogP) is -15.4. The van der Waals surface area contributed by atoms with Gasteiger partial charge in [0.05, 0.1) is 0 Å². The Morgan fingerprint density at radius 2 is 0.238 bits per heavy atom. The summed E-state index contributed by atoms with van der Waals surface area (Å²) in [5.74, 6) is 0. The van der Waals surface area contributed by atoms with Crippen LogP contribution in [0.15, 0.2) is 0 Å². The Labute approximate surface area is 199 Å². The molecule has 0 spiro atoms. The van der Waals surface area contributed by atoms with Gasteiger partial charge in [-0.3, -0.25) is 0 Å². The van der Waals surface area contributed by atoms with E-state index in [-0.39, 0.29) is 117 Å². The summed E-state index contributed by atoms with van der Waals surface area (Å²) in [5, 5.41) is 0. The standard InChI is InChI=1S/3O4Si.6Zn/c3*1-5(2,3)4;;;;;;/q3*-4;6*+2. The van der Waals surface area contributed by atoms with Gasteiger partial charge in [-0.2, -0.15) is 0 Å².